The lowest BCUT2D eigenvalue weighted by Crippen LogP contribution is -2.27. The summed E-state index contributed by atoms with van der Waals surface area (Å²) < 4.78 is 14.4. The number of fused-ring (bicyclic) bond motifs is 9. The molecule has 2 aromatic carbocycles. The van der Waals surface area contributed by atoms with Crippen molar-refractivity contribution in [2.24, 2.45) is 0 Å². The minimum absolute atomic E-state index is 0.0809. The molecule has 9 heteroatoms. The second-order valence-electron chi connectivity index (χ2n) is 8.64. The molecule has 0 spiro atoms. The summed E-state index contributed by atoms with van der Waals surface area (Å²) >= 11 is 6.58. The summed E-state index contributed by atoms with van der Waals surface area (Å²) in [5, 5.41) is 3.69. The van der Waals surface area contributed by atoms with Crippen molar-refractivity contribution in [2.45, 2.75) is 18.5 Å². The molecule has 2 aromatic heterocycles. The number of carbonyl (C=O) groups excluding carboxylic acids is 1. The highest BCUT2D eigenvalue weighted by atomic mass is 35.5. The maximum Gasteiger partial charge on any atom is 0.252 e. The molecule has 0 radical (unpaired) electrons. The van der Waals surface area contributed by atoms with Crippen LogP contribution in [-0.2, 0) is 4.57 Å². The Morgan fingerprint density at radius 2 is 1.91 bits per heavy atom. The number of aromatic nitrogens is 4. The van der Waals surface area contributed by atoms with Gasteiger partial charge in [0.05, 0.1) is 23.1 Å². The van der Waals surface area contributed by atoms with Crippen molar-refractivity contribution in [1.29, 1.82) is 0 Å². The molecular formula is C23H19ClN5O2P. The largest absolute Gasteiger partial charge is 0.342 e. The number of halogens is 1. The summed E-state index contributed by atoms with van der Waals surface area (Å²) in [6, 6.07) is 11.2. The van der Waals surface area contributed by atoms with Crippen LogP contribution in [0.15, 0.2) is 48.8 Å². The van der Waals surface area contributed by atoms with E-state index in [2.05, 4.69) is 25.9 Å². The van der Waals surface area contributed by atoms with Crippen LogP contribution in [0.1, 0.15) is 40.3 Å². The van der Waals surface area contributed by atoms with Crippen LogP contribution in [0.3, 0.4) is 0 Å². The van der Waals surface area contributed by atoms with Crippen LogP contribution in [0.25, 0.3) is 22.2 Å². The molecule has 7 nitrogen and oxygen atoms in total. The zero-order chi connectivity index (χ0) is 22.2. The van der Waals surface area contributed by atoms with Crippen LogP contribution in [0, 0.1) is 0 Å². The number of carbonyl (C=O) groups is 1. The van der Waals surface area contributed by atoms with Gasteiger partial charge in [-0.1, -0.05) is 23.7 Å². The highest BCUT2D eigenvalue weighted by Gasteiger charge is 2.41. The molecule has 2 aliphatic heterocycles. The predicted octanol–water partition coefficient (Wildman–Crippen LogP) is 4.17. The van der Waals surface area contributed by atoms with Gasteiger partial charge in [-0.15, -0.1) is 0 Å². The lowest BCUT2D eigenvalue weighted by atomic mass is 9.98. The maximum absolute atomic E-state index is 12.8. The highest BCUT2D eigenvalue weighted by molar-refractivity contribution is 7.69. The van der Waals surface area contributed by atoms with Crippen LogP contribution in [0.4, 0.5) is 0 Å². The molecule has 32 heavy (non-hydrogen) atoms. The number of hydrogen-bond acceptors (Lipinski definition) is 5. The van der Waals surface area contributed by atoms with Gasteiger partial charge in [0.1, 0.15) is 13.0 Å². The fourth-order valence-electron chi connectivity index (χ4n) is 4.73. The number of hydrogen-bond donors (Lipinski definition) is 1. The maximum atomic E-state index is 12.8. The fraction of sp³-hybridized carbons (Fsp3) is 0.217. The second kappa shape index (κ2) is 6.74. The Kier molecular flexibility index (Phi) is 4.14. The Morgan fingerprint density at radius 3 is 2.66 bits per heavy atom. The topological polar surface area (TPSA) is 89.8 Å². The molecule has 2 aliphatic rings. The first-order valence-electron chi connectivity index (χ1n) is 10.3. The molecule has 1 N–H and O–H groups in total. The molecule has 2 atom stereocenters. The van der Waals surface area contributed by atoms with Gasteiger partial charge in [0, 0.05) is 34.1 Å². The molecule has 0 aliphatic carbocycles. The first kappa shape index (κ1) is 19.6. The number of benzene rings is 2. The molecule has 6 rings (SSSR count). The second-order valence-corrected chi connectivity index (χ2v) is 12.2. The third-order valence-corrected chi connectivity index (χ3v) is 7.71. The average Bonchev–Trinajstić information content (AvgIpc) is 3.25. The van der Waals surface area contributed by atoms with Gasteiger partial charge in [-0.05, 0) is 49.6 Å². The highest BCUT2D eigenvalue weighted by Crippen LogP contribution is 2.46. The van der Waals surface area contributed by atoms with Gasteiger partial charge < -0.3 is 14.4 Å². The summed E-state index contributed by atoms with van der Waals surface area (Å²) in [5.74, 6) is 0.723. The molecule has 0 fully saturated rings. The first-order valence-corrected chi connectivity index (χ1v) is 13.3. The summed E-state index contributed by atoms with van der Waals surface area (Å²) in [5.41, 5.74) is 5.42. The Bertz CT molecular complexity index is 1470. The van der Waals surface area contributed by atoms with Gasteiger partial charge in [0.15, 0.2) is 5.57 Å². The predicted molar refractivity (Wildman–Crippen MR) is 124 cm³/mol. The summed E-state index contributed by atoms with van der Waals surface area (Å²) in [4.78, 5) is 26.2. The number of nitrogens with one attached hydrogen (secondary N) is 1. The Hall–Kier alpha value is -3.02. The van der Waals surface area contributed by atoms with Crippen molar-refractivity contribution in [1.82, 2.24) is 24.8 Å². The third kappa shape index (κ3) is 2.85. The van der Waals surface area contributed by atoms with Gasteiger partial charge in [-0.25, -0.2) is 15.0 Å². The molecule has 0 saturated carbocycles. The molecule has 0 unspecified atom stereocenters. The lowest BCUT2D eigenvalue weighted by molar-refractivity contribution is 0.0938. The molecule has 1 amide bonds. The normalized spacial score (nSPS) is 19.4. The van der Waals surface area contributed by atoms with Crippen molar-refractivity contribution in [3.05, 3.63) is 70.8 Å². The first-order chi connectivity index (χ1) is 15.3. The number of amides is 1. The van der Waals surface area contributed by atoms with Gasteiger partial charge >= 0.3 is 0 Å². The van der Waals surface area contributed by atoms with Crippen LogP contribution < -0.4 is 10.9 Å². The zero-order valence-corrected chi connectivity index (χ0v) is 19.1. The van der Waals surface area contributed by atoms with Crippen LogP contribution >= 0.6 is 18.7 Å². The molecule has 4 heterocycles. The summed E-state index contributed by atoms with van der Waals surface area (Å²) in [7, 11) is -2.51. The van der Waals surface area contributed by atoms with Crippen molar-refractivity contribution in [2.75, 3.05) is 13.3 Å². The van der Waals surface area contributed by atoms with E-state index in [1.165, 1.54) is 0 Å². The van der Waals surface area contributed by atoms with E-state index < -0.39 is 7.14 Å². The van der Waals surface area contributed by atoms with Crippen LogP contribution in [-0.4, -0.2) is 38.8 Å². The van der Waals surface area contributed by atoms with Crippen molar-refractivity contribution < 1.29 is 9.36 Å². The Morgan fingerprint density at radius 1 is 1.12 bits per heavy atom. The zero-order valence-electron chi connectivity index (χ0n) is 17.4. The monoisotopic (exact) mass is 463 g/mol. The lowest BCUT2D eigenvalue weighted by Gasteiger charge is -2.19. The van der Waals surface area contributed by atoms with Crippen molar-refractivity contribution in [3.63, 3.8) is 0 Å². The summed E-state index contributed by atoms with van der Waals surface area (Å²) in [6.07, 6.45) is 4.13. The molecular weight excluding hydrogens is 445 g/mol. The molecule has 160 valence electrons. The van der Waals surface area contributed by atoms with Crippen LogP contribution in [0.5, 0.6) is 0 Å². The van der Waals surface area contributed by atoms with Gasteiger partial charge in [0.2, 0.25) is 0 Å². The van der Waals surface area contributed by atoms with Gasteiger partial charge in [-0.3, -0.25) is 4.79 Å². The van der Waals surface area contributed by atoms with E-state index in [9.17, 15) is 9.36 Å². The minimum Gasteiger partial charge on any atom is -0.342 e. The molecule has 2 bridgehead atoms. The van der Waals surface area contributed by atoms with Crippen molar-refractivity contribution in [3.8, 4) is 11.1 Å². The summed E-state index contributed by atoms with van der Waals surface area (Å²) in [6.45, 7) is 3.32. The minimum atomic E-state index is -2.51. The van der Waals surface area contributed by atoms with E-state index >= 15 is 0 Å². The number of imidazole rings is 1. The van der Waals surface area contributed by atoms with E-state index in [0.717, 1.165) is 33.5 Å². The third-order valence-electron chi connectivity index (χ3n) is 6.19. The van der Waals surface area contributed by atoms with Gasteiger partial charge in [0.25, 0.3) is 5.91 Å². The number of rotatable bonds is 2. The van der Waals surface area contributed by atoms with E-state index in [1.54, 1.807) is 31.8 Å². The SMILES string of the molecule is CP(C)(=O)c1ncc(-c2ccc3nc4n(c3c2)[C@@H]2C[C@H]4NC(=O)c3cccc(Cl)c32)cn1. The van der Waals surface area contributed by atoms with Crippen molar-refractivity contribution >= 4 is 41.2 Å². The number of nitrogens with zero attached hydrogens (tertiary/aromatic N) is 4. The van der Waals surface area contributed by atoms with E-state index in [1.807, 2.05) is 24.3 Å². The smallest absolute Gasteiger partial charge is 0.252 e. The van der Waals surface area contributed by atoms with E-state index in [4.69, 9.17) is 16.6 Å². The standard InChI is InChI=1S/C23H19ClN5O2P/c1-32(2,31)23-25-10-13(11-26-23)12-6-7-16-18(8-12)29-19-9-17(21(29)27-16)28-22(30)14-4-3-5-15(24)20(14)19/h3-8,10-11,17,19H,9H2,1-2H3,(H,28,30)/t17-,19-/m1/s1. The van der Waals surface area contributed by atoms with Crippen LogP contribution in [0.2, 0.25) is 5.02 Å². The Labute approximate surface area is 189 Å². The quantitative estimate of drug-likeness (QED) is 0.450. The Balaban J connectivity index is 1.52. The van der Waals surface area contributed by atoms with E-state index in [0.29, 0.717) is 22.6 Å². The fourth-order valence-corrected chi connectivity index (χ4v) is 5.70. The average molecular weight is 464 g/mol. The van der Waals surface area contributed by atoms with Gasteiger partial charge in [-0.2, -0.15) is 0 Å². The van der Waals surface area contributed by atoms with E-state index in [-0.39, 0.29) is 18.0 Å². The molecule has 4 aromatic rings. The molecule has 0 saturated heterocycles.